The Kier molecular flexibility index (Phi) is 13.1. The van der Waals surface area contributed by atoms with Gasteiger partial charge in [-0.2, -0.15) is 0 Å². The molecule has 72 heavy (non-hydrogen) atoms. The molecule has 0 radical (unpaired) electrons. The summed E-state index contributed by atoms with van der Waals surface area (Å²) in [4.78, 5) is 69.0. The van der Waals surface area contributed by atoms with Crippen LogP contribution >= 0.6 is 46.4 Å². The predicted molar refractivity (Wildman–Crippen MR) is 281 cm³/mol. The zero-order valence-electron chi connectivity index (χ0n) is 39.6. The summed E-state index contributed by atoms with van der Waals surface area (Å²) >= 11 is 24.5. The van der Waals surface area contributed by atoms with Gasteiger partial charge in [0.2, 0.25) is 23.6 Å². The molecule has 0 aliphatic carbocycles. The highest BCUT2D eigenvalue weighted by atomic mass is 35.5. The first-order valence-corrected chi connectivity index (χ1v) is 23.5. The Morgan fingerprint density at radius 2 is 0.722 bits per heavy atom. The van der Waals surface area contributed by atoms with Crippen molar-refractivity contribution in [2.24, 2.45) is 0 Å². The number of ether oxygens (including phenoxy) is 2. The van der Waals surface area contributed by atoms with Gasteiger partial charge in [-0.05, 0) is 107 Å². The van der Waals surface area contributed by atoms with Crippen molar-refractivity contribution in [3.63, 3.8) is 0 Å². The van der Waals surface area contributed by atoms with Crippen molar-refractivity contribution in [1.82, 2.24) is 19.9 Å². The molecule has 0 aliphatic rings. The van der Waals surface area contributed by atoms with Crippen molar-refractivity contribution < 1.29 is 27.1 Å². The standard InChI is InChI=1S/C31H30N2O5.C23H10Cl4N2O5/c1-30(2,3)19-8-10-22-24(15-19)32-26(37-28(22)34)17-12-18(14-21(13-17)36-7)27-33-25-16-20(31(4,5)6)9-11-23(25)29(35)38-27;1-32-13-3-9(20-28-18-14(22(30)33-20)5-11(24)7-16(18)26)2-10(4-13)21-29-19-15(23(31)34-21)6-12(25)8-17(19)27/h8-16H,1-7H3;2-8H,1H3. The fraction of sp³-hybridized carbons (Fsp3) is 0.185. The topological polar surface area (TPSA) is 191 Å². The van der Waals surface area contributed by atoms with Crippen LogP contribution in [-0.2, 0) is 10.8 Å². The molecule has 14 nitrogen and oxygen atoms in total. The van der Waals surface area contributed by atoms with Gasteiger partial charge in [-0.25, -0.2) is 39.1 Å². The fourth-order valence-electron chi connectivity index (χ4n) is 7.70. The van der Waals surface area contributed by atoms with Crippen LogP contribution in [0.15, 0.2) is 134 Å². The highest BCUT2D eigenvalue weighted by molar-refractivity contribution is 6.39. The molecular formula is C54H40Cl4N4O10. The zero-order valence-corrected chi connectivity index (χ0v) is 42.6. The molecule has 0 fully saturated rings. The van der Waals surface area contributed by atoms with E-state index in [4.69, 9.17) is 73.5 Å². The lowest BCUT2D eigenvalue weighted by molar-refractivity contribution is 0.414. The van der Waals surface area contributed by atoms with Crippen LogP contribution in [0.4, 0.5) is 0 Å². The van der Waals surface area contributed by atoms with E-state index in [0.29, 0.717) is 55.6 Å². The van der Waals surface area contributed by atoms with Crippen LogP contribution in [-0.4, -0.2) is 34.2 Å². The predicted octanol–water partition coefficient (Wildman–Crippen LogP) is 13.3. The minimum absolute atomic E-state index is 0.0326. The molecule has 18 heteroatoms. The first-order valence-electron chi connectivity index (χ1n) is 22.0. The van der Waals surface area contributed by atoms with Crippen molar-refractivity contribution in [3.8, 4) is 57.3 Å². The van der Waals surface area contributed by atoms with Crippen molar-refractivity contribution >= 4 is 90.0 Å². The van der Waals surface area contributed by atoms with E-state index in [1.807, 2.05) is 24.3 Å². The molecule has 364 valence electrons. The van der Waals surface area contributed by atoms with E-state index in [0.717, 1.165) is 11.1 Å². The summed E-state index contributed by atoms with van der Waals surface area (Å²) in [5.74, 6) is 1.04. The summed E-state index contributed by atoms with van der Waals surface area (Å²) in [6, 6.07) is 26.9. The summed E-state index contributed by atoms with van der Waals surface area (Å²) in [6.45, 7) is 12.6. The smallest absolute Gasteiger partial charge is 0.347 e. The second kappa shape index (κ2) is 19.0. The number of methoxy groups -OCH3 is 2. The average molecular weight is 1050 g/mol. The molecule has 4 heterocycles. The van der Waals surface area contributed by atoms with Crippen molar-refractivity contribution in [2.75, 3.05) is 14.2 Å². The number of halogens is 4. The first-order chi connectivity index (χ1) is 34.1. The number of rotatable bonds is 6. The van der Waals surface area contributed by atoms with Crippen LogP contribution in [0, 0.1) is 0 Å². The number of hydrogen-bond acceptors (Lipinski definition) is 14. The Labute approximate surface area is 428 Å². The third-order valence-corrected chi connectivity index (χ3v) is 12.6. The molecule has 0 spiro atoms. The van der Waals surface area contributed by atoms with E-state index in [-0.39, 0.29) is 76.3 Å². The fourth-order valence-corrected chi connectivity index (χ4v) is 8.77. The van der Waals surface area contributed by atoms with E-state index in [1.54, 1.807) is 48.5 Å². The van der Waals surface area contributed by atoms with Crippen molar-refractivity contribution in [2.45, 2.75) is 52.4 Å². The molecule has 0 aliphatic heterocycles. The Balaban J connectivity index is 0.000000179. The largest absolute Gasteiger partial charge is 0.497 e. The minimum Gasteiger partial charge on any atom is -0.497 e. The van der Waals surface area contributed by atoms with Crippen molar-refractivity contribution in [1.29, 1.82) is 0 Å². The minimum atomic E-state index is -0.673. The van der Waals surface area contributed by atoms with Gasteiger partial charge < -0.3 is 27.1 Å². The Bertz CT molecular complexity index is 3840. The van der Waals surface area contributed by atoms with Gasteiger partial charge in [0.1, 0.15) is 22.5 Å². The summed E-state index contributed by atoms with van der Waals surface area (Å²) < 4.78 is 32.9. The summed E-state index contributed by atoms with van der Waals surface area (Å²) in [6.07, 6.45) is 0. The zero-order chi connectivity index (χ0) is 51.6. The third-order valence-electron chi connectivity index (χ3n) is 11.6. The second-order valence-electron chi connectivity index (χ2n) is 18.7. The SMILES string of the molecule is COc1cc(-c2nc3c(Cl)cc(Cl)cc3c(=O)o2)cc(-c2nc3c(Cl)cc(Cl)cc3c(=O)o2)c1.COc1cc(-c2nc3cc(C(C)(C)C)ccc3c(=O)o2)cc(-c2nc3cc(C(C)(C)C)ccc3c(=O)o2)c1. The molecule has 0 bridgehead atoms. The highest BCUT2D eigenvalue weighted by Gasteiger charge is 2.22. The molecule has 0 amide bonds. The molecule has 0 saturated carbocycles. The maximum absolute atomic E-state index is 12.8. The Morgan fingerprint density at radius 3 is 1.04 bits per heavy atom. The molecule has 10 aromatic rings. The van der Waals surface area contributed by atoms with Gasteiger partial charge in [-0.1, -0.05) is 100 Å². The maximum atomic E-state index is 12.8. The van der Waals surface area contributed by atoms with E-state index in [1.165, 1.54) is 38.5 Å². The lowest BCUT2D eigenvalue weighted by atomic mass is 9.87. The van der Waals surface area contributed by atoms with Crippen LogP contribution in [0.3, 0.4) is 0 Å². The van der Waals surface area contributed by atoms with Gasteiger partial charge in [0, 0.05) is 32.3 Å². The van der Waals surface area contributed by atoms with Gasteiger partial charge in [0.15, 0.2) is 0 Å². The number of nitrogens with zero attached hydrogens (tertiary/aromatic N) is 4. The van der Waals surface area contributed by atoms with Crippen LogP contribution in [0.5, 0.6) is 11.5 Å². The maximum Gasteiger partial charge on any atom is 0.347 e. The first kappa shape index (κ1) is 49.6. The molecule has 6 aromatic carbocycles. The van der Waals surface area contributed by atoms with Gasteiger partial charge in [0.05, 0.1) is 56.8 Å². The number of benzene rings is 6. The molecular weight excluding hydrogens is 1010 g/mol. The summed E-state index contributed by atoms with van der Waals surface area (Å²) in [5, 5.41) is 2.02. The number of aromatic nitrogens is 4. The van der Waals surface area contributed by atoms with Gasteiger partial charge in [0.25, 0.3) is 0 Å². The molecule has 0 N–H and O–H groups in total. The van der Waals surface area contributed by atoms with Gasteiger partial charge in [-0.15, -0.1) is 0 Å². The van der Waals surface area contributed by atoms with E-state index in [9.17, 15) is 19.2 Å². The van der Waals surface area contributed by atoms with Crippen LogP contribution in [0.1, 0.15) is 52.7 Å². The lowest BCUT2D eigenvalue weighted by Crippen LogP contribution is -2.12. The Hall–Kier alpha value is -7.36. The quantitative estimate of drug-likeness (QED) is 0.153. The number of fused-ring (bicyclic) bond motifs is 4. The molecule has 0 unspecified atom stereocenters. The molecule has 0 atom stereocenters. The van der Waals surface area contributed by atoms with E-state index < -0.39 is 22.5 Å². The average Bonchev–Trinajstić information content (AvgIpc) is 3.33. The second-order valence-corrected chi connectivity index (χ2v) is 20.3. The van der Waals surface area contributed by atoms with Gasteiger partial charge in [-0.3, -0.25) is 0 Å². The van der Waals surface area contributed by atoms with Crippen LogP contribution in [0.25, 0.3) is 89.4 Å². The van der Waals surface area contributed by atoms with E-state index >= 15 is 0 Å². The molecule has 10 rings (SSSR count). The lowest BCUT2D eigenvalue weighted by Gasteiger charge is -2.19. The number of hydrogen-bond donors (Lipinski definition) is 0. The Morgan fingerprint density at radius 1 is 0.403 bits per heavy atom. The van der Waals surface area contributed by atoms with E-state index in [2.05, 4.69) is 61.5 Å². The molecule has 0 saturated heterocycles. The molecule has 4 aromatic heterocycles. The van der Waals surface area contributed by atoms with Crippen LogP contribution < -0.4 is 32.0 Å². The normalized spacial score (nSPS) is 11.8. The van der Waals surface area contributed by atoms with Gasteiger partial charge >= 0.3 is 22.5 Å². The summed E-state index contributed by atoms with van der Waals surface area (Å²) in [7, 11) is 2.98. The highest BCUT2D eigenvalue weighted by Crippen LogP contribution is 2.35. The van der Waals surface area contributed by atoms with Crippen molar-refractivity contribution in [3.05, 3.63) is 170 Å². The monoisotopic (exact) mass is 1040 g/mol. The third kappa shape index (κ3) is 9.95. The van der Waals surface area contributed by atoms with Crippen LogP contribution in [0.2, 0.25) is 20.1 Å². The summed E-state index contributed by atoms with van der Waals surface area (Å²) in [5.41, 5.74) is 2.78.